The standard InChI is InChI=1S/C14H19F2N3O2/c1-2-5-18-13-10(15)7-9(8-11(13)16)14(21)19-6-3-4-12(17)20/h7-8,18H,2-6H2,1H3,(H2,17,20)(H,19,21). The van der Waals surface area contributed by atoms with Gasteiger partial charge >= 0.3 is 0 Å². The molecule has 0 unspecified atom stereocenters. The quantitative estimate of drug-likeness (QED) is 0.640. The van der Waals surface area contributed by atoms with E-state index in [0.29, 0.717) is 13.0 Å². The largest absolute Gasteiger partial charge is 0.380 e. The number of nitrogens with one attached hydrogen (secondary N) is 2. The van der Waals surface area contributed by atoms with Gasteiger partial charge in [-0.2, -0.15) is 0 Å². The average Bonchev–Trinajstić information content (AvgIpc) is 2.42. The molecule has 4 N–H and O–H groups in total. The number of hydrogen-bond donors (Lipinski definition) is 3. The molecule has 2 amide bonds. The summed E-state index contributed by atoms with van der Waals surface area (Å²) in [6.07, 6.45) is 1.24. The summed E-state index contributed by atoms with van der Waals surface area (Å²) in [6.45, 7) is 2.52. The van der Waals surface area contributed by atoms with Gasteiger partial charge in [-0.15, -0.1) is 0 Å². The molecule has 0 bridgehead atoms. The van der Waals surface area contributed by atoms with Gasteiger partial charge in [-0.3, -0.25) is 9.59 Å². The number of halogens is 2. The van der Waals surface area contributed by atoms with E-state index in [2.05, 4.69) is 10.6 Å². The van der Waals surface area contributed by atoms with Crippen LogP contribution in [0.5, 0.6) is 0 Å². The number of benzene rings is 1. The predicted octanol–water partition coefficient (Wildman–Crippen LogP) is 1.78. The van der Waals surface area contributed by atoms with Crippen LogP contribution in [0.3, 0.4) is 0 Å². The van der Waals surface area contributed by atoms with Crippen LogP contribution < -0.4 is 16.4 Å². The van der Waals surface area contributed by atoms with E-state index in [-0.39, 0.29) is 24.2 Å². The van der Waals surface area contributed by atoms with Crippen molar-refractivity contribution in [1.29, 1.82) is 0 Å². The number of hydrogen-bond acceptors (Lipinski definition) is 3. The van der Waals surface area contributed by atoms with Gasteiger partial charge in [0.05, 0.1) is 0 Å². The molecule has 1 rings (SSSR count). The first-order valence-electron chi connectivity index (χ1n) is 6.75. The van der Waals surface area contributed by atoms with Gasteiger partial charge in [0.1, 0.15) is 17.3 Å². The summed E-state index contributed by atoms with van der Waals surface area (Å²) in [5.41, 5.74) is 4.62. The molecule has 0 saturated heterocycles. The molecule has 0 saturated carbocycles. The van der Waals surface area contributed by atoms with Gasteiger partial charge in [0.15, 0.2) is 0 Å². The molecular formula is C14H19F2N3O2. The predicted molar refractivity (Wildman–Crippen MR) is 75.9 cm³/mol. The van der Waals surface area contributed by atoms with Crippen LogP contribution in [0, 0.1) is 11.6 Å². The Hall–Kier alpha value is -2.18. The van der Waals surface area contributed by atoms with Crippen molar-refractivity contribution in [3.05, 3.63) is 29.3 Å². The molecule has 0 aliphatic heterocycles. The van der Waals surface area contributed by atoms with E-state index in [4.69, 9.17) is 5.73 Å². The smallest absolute Gasteiger partial charge is 0.251 e. The van der Waals surface area contributed by atoms with Crippen LogP contribution in [0.4, 0.5) is 14.5 Å². The van der Waals surface area contributed by atoms with Gasteiger partial charge in [0, 0.05) is 25.1 Å². The van der Waals surface area contributed by atoms with Gasteiger partial charge in [-0.05, 0) is 25.0 Å². The normalized spacial score (nSPS) is 10.2. The van der Waals surface area contributed by atoms with Crippen LogP contribution in [0.2, 0.25) is 0 Å². The van der Waals surface area contributed by atoms with Gasteiger partial charge in [-0.25, -0.2) is 8.78 Å². The molecule has 0 radical (unpaired) electrons. The molecule has 0 aliphatic rings. The Bertz CT molecular complexity index is 498. The highest BCUT2D eigenvalue weighted by molar-refractivity contribution is 5.94. The van der Waals surface area contributed by atoms with Crippen molar-refractivity contribution >= 4 is 17.5 Å². The number of primary amides is 1. The zero-order valence-electron chi connectivity index (χ0n) is 11.8. The topological polar surface area (TPSA) is 84.2 Å². The molecule has 0 aliphatic carbocycles. The van der Waals surface area contributed by atoms with Gasteiger partial charge in [0.25, 0.3) is 5.91 Å². The first kappa shape index (κ1) is 16.9. The van der Waals surface area contributed by atoms with Crippen LogP contribution in [0.1, 0.15) is 36.5 Å². The van der Waals surface area contributed by atoms with E-state index < -0.39 is 23.4 Å². The lowest BCUT2D eigenvalue weighted by molar-refractivity contribution is -0.118. The molecule has 0 spiro atoms. The summed E-state index contributed by atoms with van der Waals surface area (Å²) < 4.78 is 27.5. The number of carbonyl (C=O) groups is 2. The van der Waals surface area contributed by atoms with Crippen molar-refractivity contribution in [1.82, 2.24) is 5.32 Å². The van der Waals surface area contributed by atoms with Crippen molar-refractivity contribution in [3.63, 3.8) is 0 Å². The second kappa shape index (κ2) is 8.18. The van der Waals surface area contributed by atoms with Gasteiger partial charge < -0.3 is 16.4 Å². The maximum absolute atomic E-state index is 13.7. The number of anilines is 1. The van der Waals surface area contributed by atoms with E-state index in [1.54, 1.807) is 0 Å². The lowest BCUT2D eigenvalue weighted by Gasteiger charge is -2.10. The van der Waals surface area contributed by atoms with Crippen LogP contribution >= 0.6 is 0 Å². The number of rotatable bonds is 8. The van der Waals surface area contributed by atoms with Gasteiger partial charge in [0.2, 0.25) is 5.91 Å². The molecule has 0 aromatic heterocycles. The van der Waals surface area contributed by atoms with E-state index in [1.807, 2.05) is 6.92 Å². The molecule has 116 valence electrons. The summed E-state index contributed by atoms with van der Waals surface area (Å²) in [5.74, 6) is -2.69. The van der Waals surface area contributed by atoms with Crippen LogP contribution in [0.15, 0.2) is 12.1 Å². The Morgan fingerprint density at radius 2 is 1.81 bits per heavy atom. The van der Waals surface area contributed by atoms with Crippen LogP contribution in [0.25, 0.3) is 0 Å². The summed E-state index contributed by atoms with van der Waals surface area (Å²) in [5, 5.41) is 5.10. The molecule has 0 atom stereocenters. The van der Waals surface area contributed by atoms with Crippen molar-refractivity contribution in [3.8, 4) is 0 Å². The van der Waals surface area contributed by atoms with E-state index in [9.17, 15) is 18.4 Å². The Kier molecular flexibility index (Phi) is 6.58. The third kappa shape index (κ3) is 5.37. The third-order valence-corrected chi connectivity index (χ3v) is 2.74. The summed E-state index contributed by atoms with van der Waals surface area (Å²) in [7, 11) is 0. The molecule has 0 fully saturated rings. The highest BCUT2D eigenvalue weighted by Crippen LogP contribution is 2.20. The van der Waals surface area contributed by atoms with E-state index >= 15 is 0 Å². The van der Waals surface area contributed by atoms with Crippen molar-refractivity contribution in [2.75, 3.05) is 18.4 Å². The van der Waals surface area contributed by atoms with Gasteiger partial charge in [-0.1, -0.05) is 6.92 Å². The maximum atomic E-state index is 13.7. The first-order valence-corrected chi connectivity index (χ1v) is 6.75. The lowest BCUT2D eigenvalue weighted by atomic mass is 10.1. The molecule has 0 heterocycles. The summed E-state index contributed by atoms with van der Waals surface area (Å²) in [6, 6.07) is 1.95. The zero-order valence-corrected chi connectivity index (χ0v) is 11.8. The molecule has 7 heteroatoms. The van der Waals surface area contributed by atoms with E-state index in [1.165, 1.54) is 0 Å². The fraction of sp³-hybridized carbons (Fsp3) is 0.429. The van der Waals surface area contributed by atoms with Crippen molar-refractivity contribution in [2.24, 2.45) is 5.73 Å². The second-order valence-electron chi connectivity index (χ2n) is 4.57. The zero-order chi connectivity index (χ0) is 15.8. The third-order valence-electron chi connectivity index (χ3n) is 2.74. The minimum atomic E-state index is -0.814. The highest BCUT2D eigenvalue weighted by Gasteiger charge is 2.14. The lowest BCUT2D eigenvalue weighted by Crippen LogP contribution is -2.26. The Balaban J connectivity index is 2.66. The first-order chi connectivity index (χ1) is 9.95. The fourth-order valence-electron chi connectivity index (χ4n) is 1.69. The van der Waals surface area contributed by atoms with Crippen molar-refractivity contribution in [2.45, 2.75) is 26.2 Å². The van der Waals surface area contributed by atoms with Crippen LogP contribution in [-0.4, -0.2) is 24.9 Å². The monoisotopic (exact) mass is 299 g/mol. The average molecular weight is 299 g/mol. The Labute approximate surface area is 121 Å². The number of nitrogens with two attached hydrogens (primary N) is 1. The molecule has 5 nitrogen and oxygen atoms in total. The second-order valence-corrected chi connectivity index (χ2v) is 4.57. The fourth-order valence-corrected chi connectivity index (χ4v) is 1.69. The minimum Gasteiger partial charge on any atom is -0.380 e. The number of carbonyl (C=O) groups excluding carboxylic acids is 2. The molecular weight excluding hydrogens is 280 g/mol. The Morgan fingerprint density at radius 1 is 1.19 bits per heavy atom. The molecule has 1 aromatic rings. The minimum absolute atomic E-state index is 0.105. The van der Waals surface area contributed by atoms with Crippen molar-refractivity contribution < 1.29 is 18.4 Å². The maximum Gasteiger partial charge on any atom is 0.251 e. The Morgan fingerprint density at radius 3 is 2.33 bits per heavy atom. The SMILES string of the molecule is CCCNc1c(F)cc(C(=O)NCCCC(N)=O)cc1F. The van der Waals surface area contributed by atoms with Crippen LogP contribution in [-0.2, 0) is 4.79 Å². The summed E-state index contributed by atoms with van der Waals surface area (Å²) in [4.78, 5) is 22.3. The number of amides is 2. The molecule has 21 heavy (non-hydrogen) atoms. The molecule has 1 aromatic carbocycles. The van der Waals surface area contributed by atoms with E-state index in [0.717, 1.165) is 18.6 Å². The summed E-state index contributed by atoms with van der Waals surface area (Å²) >= 11 is 0. The highest BCUT2D eigenvalue weighted by atomic mass is 19.1.